The smallest absolute Gasteiger partial charge is 0.254 e. The number of carbonyl (C=O) groups excluding carboxylic acids is 3. The van der Waals surface area contributed by atoms with Crippen molar-refractivity contribution >= 4 is 18.0 Å². The van der Waals surface area contributed by atoms with Gasteiger partial charge in [-0.05, 0) is 42.3 Å². The van der Waals surface area contributed by atoms with Crippen LogP contribution in [0.3, 0.4) is 0 Å². The lowest BCUT2D eigenvalue weighted by Gasteiger charge is -2.21. The third-order valence-electron chi connectivity index (χ3n) is 4.74. The fourth-order valence-electron chi connectivity index (χ4n) is 3.04. The predicted octanol–water partition coefficient (Wildman–Crippen LogP) is 3.33. The summed E-state index contributed by atoms with van der Waals surface area (Å²) in [5.74, 6) is 0.419. The molecule has 0 spiro atoms. The van der Waals surface area contributed by atoms with E-state index in [1.165, 1.54) is 14.0 Å². The number of hydrogen-bond donors (Lipinski definition) is 1. The second-order valence-corrected chi connectivity index (χ2v) is 6.69. The Kier molecular flexibility index (Phi) is 6.04. The second-order valence-electron chi connectivity index (χ2n) is 6.69. The summed E-state index contributed by atoms with van der Waals surface area (Å²) in [6.07, 6.45) is 0.471. The molecule has 0 radical (unpaired) electrons. The van der Waals surface area contributed by atoms with Crippen molar-refractivity contribution in [3.05, 3.63) is 72.0 Å². The number of carbonyl (C=O) groups is 3. The van der Waals surface area contributed by atoms with Crippen LogP contribution in [0.25, 0.3) is 22.5 Å². The molecule has 0 saturated heterocycles. The molecule has 0 saturated carbocycles. The first kappa shape index (κ1) is 20.2. The van der Waals surface area contributed by atoms with Gasteiger partial charge in [-0.25, -0.2) is 0 Å². The highest BCUT2D eigenvalue weighted by Crippen LogP contribution is 2.26. The summed E-state index contributed by atoms with van der Waals surface area (Å²) in [4.78, 5) is 36.2. The number of ketones is 1. The van der Waals surface area contributed by atoms with E-state index in [0.717, 1.165) is 21.6 Å². The van der Waals surface area contributed by atoms with Gasteiger partial charge in [0, 0.05) is 18.2 Å². The molecular formula is C23H21NO5. The molecule has 3 aromatic rings. The topological polar surface area (TPSA) is 87.8 Å². The van der Waals surface area contributed by atoms with E-state index in [9.17, 15) is 14.4 Å². The van der Waals surface area contributed by atoms with Gasteiger partial charge in [0.15, 0.2) is 5.78 Å². The zero-order chi connectivity index (χ0) is 21.0. The minimum atomic E-state index is -1.08. The van der Waals surface area contributed by atoms with Crippen molar-refractivity contribution in [2.24, 2.45) is 0 Å². The predicted molar refractivity (Wildman–Crippen MR) is 108 cm³/mol. The van der Waals surface area contributed by atoms with Crippen LogP contribution in [-0.2, 0) is 16.2 Å². The Morgan fingerprint density at radius 1 is 0.966 bits per heavy atom. The molecule has 3 rings (SSSR count). The Hall–Kier alpha value is -3.51. The first-order valence-corrected chi connectivity index (χ1v) is 9.08. The molecule has 6 heteroatoms. The fraction of sp³-hybridized carbons (Fsp3) is 0.174. The van der Waals surface area contributed by atoms with E-state index in [0.29, 0.717) is 23.4 Å². The molecule has 148 valence electrons. The van der Waals surface area contributed by atoms with Gasteiger partial charge in [0.2, 0.25) is 0 Å². The lowest BCUT2D eigenvalue weighted by molar-refractivity contribution is -0.126. The normalized spacial score (nSPS) is 11.7. The Bertz CT molecular complexity index is 1020. The quantitative estimate of drug-likeness (QED) is 0.493. The molecule has 29 heavy (non-hydrogen) atoms. The minimum Gasteiger partial charge on any atom is -0.459 e. The molecule has 0 fully saturated rings. The lowest BCUT2D eigenvalue weighted by Crippen LogP contribution is -2.42. The largest absolute Gasteiger partial charge is 0.459 e. The van der Waals surface area contributed by atoms with Gasteiger partial charge >= 0.3 is 0 Å². The van der Waals surface area contributed by atoms with Gasteiger partial charge in [0.1, 0.15) is 30.5 Å². The summed E-state index contributed by atoms with van der Waals surface area (Å²) >= 11 is 0. The van der Waals surface area contributed by atoms with Gasteiger partial charge in [0.05, 0.1) is 0 Å². The van der Waals surface area contributed by atoms with Gasteiger partial charge < -0.3 is 19.2 Å². The molecule has 1 amide bonds. The lowest BCUT2D eigenvalue weighted by atomic mass is 10.0. The molecular weight excluding hydrogens is 370 g/mol. The molecule has 1 atom stereocenters. The Morgan fingerprint density at radius 2 is 1.52 bits per heavy atom. The van der Waals surface area contributed by atoms with E-state index >= 15 is 0 Å². The van der Waals surface area contributed by atoms with Gasteiger partial charge in [-0.15, -0.1) is 0 Å². The van der Waals surface area contributed by atoms with Crippen LogP contribution in [0, 0.1) is 0 Å². The molecule has 1 N–H and O–H groups in total. The average Bonchev–Trinajstić information content (AvgIpc) is 3.23. The first-order valence-electron chi connectivity index (χ1n) is 9.08. The first-order chi connectivity index (χ1) is 13.9. The average molecular weight is 391 g/mol. The zero-order valence-corrected chi connectivity index (χ0v) is 16.2. The van der Waals surface area contributed by atoms with Crippen molar-refractivity contribution in [3.8, 4) is 22.5 Å². The molecule has 1 unspecified atom stereocenters. The molecule has 1 aromatic heterocycles. The van der Waals surface area contributed by atoms with E-state index in [4.69, 9.17) is 9.52 Å². The molecule has 6 nitrogen and oxygen atoms in total. The minimum absolute atomic E-state index is 0.141. The van der Waals surface area contributed by atoms with Crippen molar-refractivity contribution in [1.29, 1.82) is 0 Å². The highest BCUT2D eigenvalue weighted by Gasteiger charge is 2.24. The van der Waals surface area contributed by atoms with Crippen LogP contribution in [0.2, 0.25) is 0 Å². The number of furan rings is 1. The number of benzene rings is 2. The van der Waals surface area contributed by atoms with Crippen LogP contribution in [0.1, 0.15) is 23.0 Å². The number of aliphatic hydroxyl groups is 1. The van der Waals surface area contributed by atoms with Crippen LogP contribution in [-0.4, -0.2) is 41.1 Å². The van der Waals surface area contributed by atoms with Crippen LogP contribution in [0.5, 0.6) is 0 Å². The van der Waals surface area contributed by atoms with Crippen molar-refractivity contribution in [3.63, 3.8) is 0 Å². The standard InChI is InChI=1S/C23H21NO5/c1-15(27)21(14-26)24(2)23(28)19-9-5-17(6-10-19)16-3-7-18(8-4-16)22-12-11-20(13-25)29-22/h3-12,14,21,25H,13H2,1-2H3. The van der Waals surface area contributed by atoms with E-state index in [-0.39, 0.29) is 12.4 Å². The van der Waals surface area contributed by atoms with Gasteiger partial charge in [-0.1, -0.05) is 36.4 Å². The van der Waals surface area contributed by atoms with Crippen molar-refractivity contribution in [2.75, 3.05) is 7.05 Å². The van der Waals surface area contributed by atoms with E-state index < -0.39 is 11.9 Å². The van der Waals surface area contributed by atoms with Gasteiger partial charge in [-0.3, -0.25) is 9.59 Å². The fourth-order valence-corrected chi connectivity index (χ4v) is 3.04. The Labute approximate surface area is 168 Å². The molecule has 0 aliphatic heterocycles. The molecule has 0 aliphatic rings. The molecule has 0 aliphatic carbocycles. The summed E-state index contributed by atoms with van der Waals surface area (Å²) in [7, 11) is 1.44. The van der Waals surface area contributed by atoms with Crippen molar-refractivity contribution in [2.45, 2.75) is 19.6 Å². The highest BCUT2D eigenvalue weighted by atomic mass is 16.4. The number of likely N-dealkylation sites (N-methyl/N-ethyl adjacent to an activating group) is 1. The molecule has 0 bridgehead atoms. The number of aldehydes is 1. The summed E-state index contributed by atoms with van der Waals surface area (Å²) < 4.78 is 5.53. The monoisotopic (exact) mass is 391 g/mol. The number of amides is 1. The number of nitrogens with zero attached hydrogens (tertiary/aromatic N) is 1. The van der Waals surface area contributed by atoms with Gasteiger partial charge in [0.25, 0.3) is 5.91 Å². The maximum absolute atomic E-state index is 12.5. The summed E-state index contributed by atoms with van der Waals surface area (Å²) in [5.41, 5.74) is 3.17. The zero-order valence-electron chi connectivity index (χ0n) is 16.2. The third kappa shape index (κ3) is 4.33. The van der Waals surface area contributed by atoms with E-state index in [2.05, 4.69) is 0 Å². The van der Waals surface area contributed by atoms with E-state index in [1.54, 1.807) is 18.2 Å². The Morgan fingerprint density at radius 3 is 2.00 bits per heavy atom. The van der Waals surface area contributed by atoms with Crippen molar-refractivity contribution < 1.29 is 23.9 Å². The second kappa shape index (κ2) is 8.67. The summed E-state index contributed by atoms with van der Waals surface area (Å²) in [5, 5.41) is 9.10. The van der Waals surface area contributed by atoms with E-state index in [1.807, 2.05) is 42.5 Å². The number of hydrogen-bond acceptors (Lipinski definition) is 5. The SMILES string of the molecule is CC(=O)C(C=O)N(C)C(=O)c1ccc(-c2ccc(-c3ccc(CO)o3)cc2)cc1. The highest BCUT2D eigenvalue weighted by molar-refractivity contribution is 6.03. The maximum Gasteiger partial charge on any atom is 0.254 e. The molecule has 2 aromatic carbocycles. The van der Waals surface area contributed by atoms with Crippen LogP contribution in [0.15, 0.2) is 65.1 Å². The summed E-state index contributed by atoms with van der Waals surface area (Å²) in [6, 6.07) is 17.2. The number of Topliss-reactive ketones (excluding diaryl/α,β-unsaturated/α-hetero) is 1. The van der Waals surface area contributed by atoms with Crippen molar-refractivity contribution in [1.82, 2.24) is 4.90 Å². The third-order valence-corrected chi connectivity index (χ3v) is 4.74. The molecule has 1 heterocycles. The summed E-state index contributed by atoms with van der Waals surface area (Å²) in [6.45, 7) is 1.14. The van der Waals surface area contributed by atoms with Crippen LogP contribution in [0.4, 0.5) is 0 Å². The number of rotatable bonds is 7. The van der Waals surface area contributed by atoms with Crippen LogP contribution < -0.4 is 0 Å². The Balaban J connectivity index is 1.77. The number of aliphatic hydroxyl groups excluding tert-OH is 1. The van der Waals surface area contributed by atoms with Gasteiger partial charge in [-0.2, -0.15) is 0 Å². The van der Waals surface area contributed by atoms with Crippen LogP contribution >= 0.6 is 0 Å². The maximum atomic E-state index is 12.5.